The fourth-order valence-corrected chi connectivity index (χ4v) is 4.30. The van der Waals surface area contributed by atoms with Gasteiger partial charge in [-0.25, -0.2) is 0 Å². The summed E-state index contributed by atoms with van der Waals surface area (Å²) < 4.78 is 23.2. The standard InChI is InChI=1S/C28H34N2O5/c1-32-26-8-3-2-7-23(26)20-33-14-5-15-34-24-11-9-22(10-12-24)28-25(31)17-30-18-27(28)35-19-21-6-4-13-29-16-21/h2-4,6-13,16,25,27-28,30-31H,5,14-15,17-20H2,1H3. The first-order valence-electron chi connectivity index (χ1n) is 12.1. The van der Waals surface area contributed by atoms with E-state index >= 15 is 0 Å². The molecule has 2 heterocycles. The van der Waals surface area contributed by atoms with Gasteiger partial charge in [0, 0.05) is 43.4 Å². The van der Waals surface area contributed by atoms with Crippen molar-refractivity contribution >= 4 is 0 Å². The molecule has 1 aliphatic rings. The Bertz CT molecular complexity index is 1020. The fraction of sp³-hybridized carbons (Fsp3) is 0.393. The van der Waals surface area contributed by atoms with E-state index in [1.165, 1.54) is 0 Å². The molecule has 0 bridgehead atoms. The Morgan fingerprint density at radius 2 is 1.83 bits per heavy atom. The number of aliphatic hydroxyl groups excluding tert-OH is 1. The molecule has 0 aliphatic carbocycles. The summed E-state index contributed by atoms with van der Waals surface area (Å²) in [4.78, 5) is 4.14. The Labute approximate surface area is 207 Å². The first-order valence-corrected chi connectivity index (χ1v) is 12.1. The van der Waals surface area contributed by atoms with E-state index in [0.29, 0.717) is 39.5 Å². The molecular weight excluding hydrogens is 444 g/mol. The molecule has 35 heavy (non-hydrogen) atoms. The van der Waals surface area contributed by atoms with Crippen LogP contribution in [0.25, 0.3) is 0 Å². The molecule has 0 radical (unpaired) electrons. The number of hydrogen-bond donors (Lipinski definition) is 2. The second-order valence-electron chi connectivity index (χ2n) is 8.60. The van der Waals surface area contributed by atoms with Gasteiger partial charge < -0.3 is 29.4 Å². The zero-order chi connectivity index (χ0) is 24.3. The van der Waals surface area contributed by atoms with Crippen LogP contribution in [0.3, 0.4) is 0 Å². The van der Waals surface area contributed by atoms with E-state index in [1.54, 1.807) is 19.5 Å². The molecule has 3 unspecified atom stereocenters. The van der Waals surface area contributed by atoms with Crippen molar-refractivity contribution in [3.63, 3.8) is 0 Å². The molecule has 3 atom stereocenters. The van der Waals surface area contributed by atoms with Crippen LogP contribution >= 0.6 is 0 Å². The Balaban J connectivity index is 1.23. The smallest absolute Gasteiger partial charge is 0.124 e. The van der Waals surface area contributed by atoms with Crippen LogP contribution in [0.5, 0.6) is 11.5 Å². The maximum absolute atomic E-state index is 10.7. The molecule has 1 saturated heterocycles. The number of pyridine rings is 1. The Kier molecular flexibility index (Phi) is 9.48. The van der Waals surface area contributed by atoms with Crippen LogP contribution in [0, 0.1) is 0 Å². The fourth-order valence-electron chi connectivity index (χ4n) is 4.30. The quantitative estimate of drug-likeness (QED) is 0.384. The van der Waals surface area contributed by atoms with Gasteiger partial charge in [0.2, 0.25) is 0 Å². The molecule has 2 N–H and O–H groups in total. The molecule has 7 nitrogen and oxygen atoms in total. The van der Waals surface area contributed by atoms with Gasteiger partial charge in [0.25, 0.3) is 0 Å². The largest absolute Gasteiger partial charge is 0.496 e. The van der Waals surface area contributed by atoms with Gasteiger partial charge in [0.15, 0.2) is 0 Å². The summed E-state index contributed by atoms with van der Waals surface area (Å²) >= 11 is 0. The highest BCUT2D eigenvalue weighted by atomic mass is 16.5. The number of aromatic nitrogens is 1. The molecule has 4 rings (SSSR count). The number of para-hydroxylation sites is 1. The van der Waals surface area contributed by atoms with Crippen molar-refractivity contribution in [3.05, 3.63) is 89.7 Å². The summed E-state index contributed by atoms with van der Waals surface area (Å²) in [5.41, 5.74) is 3.10. The molecule has 1 fully saturated rings. The van der Waals surface area contributed by atoms with Crippen LogP contribution in [0.1, 0.15) is 29.0 Å². The van der Waals surface area contributed by atoms with Crippen LogP contribution in [0.4, 0.5) is 0 Å². The number of aliphatic hydroxyl groups is 1. The van der Waals surface area contributed by atoms with Crippen LogP contribution in [-0.4, -0.2) is 55.7 Å². The van der Waals surface area contributed by atoms with Crippen LogP contribution < -0.4 is 14.8 Å². The predicted octanol–water partition coefficient (Wildman–Crippen LogP) is 3.71. The molecule has 186 valence electrons. The lowest BCUT2D eigenvalue weighted by Gasteiger charge is -2.36. The van der Waals surface area contributed by atoms with Crippen molar-refractivity contribution in [3.8, 4) is 11.5 Å². The van der Waals surface area contributed by atoms with Crippen LogP contribution in [0.2, 0.25) is 0 Å². The number of ether oxygens (including phenoxy) is 4. The van der Waals surface area contributed by atoms with Crippen LogP contribution in [-0.2, 0) is 22.7 Å². The number of methoxy groups -OCH3 is 1. The number of hydrogen-bond acceptors (Lipinski definition) is 7. The van der Waals surface area contributed by atoms with E-state index in [2.05, 4.69) is 10.3 Å². The molecule has 3 aromatic rings. The third kappa shape index (κ3) is 7.26. The summed E-state index contributed by atoms with van der Waals surface area (Å²) in [6, 6.07) is 19.7. The van der Waals surface area contributed by atoms with Gasteiger partial charge in [-0.05, 0) is 35.4 Å². The molecule has 0 spiro atoms. The average molecular weight is 479 g/mol. The number of β-amino-alcohol motifs (C(OH)–C–C–N with tert-alkyl or cyclic N) is 1. The second-order valence-corrected chi connectivity index (χ2v) is 8.60. The number of nitrogens with zero attached hydrogens (tertiary/aromatic N) is 1. The molecule has 1 aromatic heterocycles. The van der Waals surface area contributed by atoms with Crippen molar-refractivity contribution < 1.29 is 24.1 Å². The van der Waals surface area contributed by atoms with Crippen molar-refractivity contribution in [2.75, 3.05) is 33.4 Å². The van der Waals surface area contributed by atoms with Gasteiger partial charge in [-0.15, -0.1) is 0 Å². The molecule has 2 aromatic carbocycles. The van der Waals surface area contributed by atoms with Gasteiger partial charge in [-0.3, -0.25) is 4.98 Å². The summed E-state index contributed by atoms with van der Waals surface area (Å²) in [5.74, 6) is 1.53. The van der Waals surface area contributed by atoms with Gasteiger partial charge in [0.05, 0.1) is 45.7 Å². The van der Waals surface area contributed by atoms with E-state index < -0.39 is 6.10 Å². The predicted molar refractivity (Wildman–Crippen MR) is 134 cm³/mol. The molecule has 0 amide bonds. The van der Waals surface area contributed by atoms with Crippen molar-refractivity contribution in [1.82, 2.24) is 10.3 Å². The first kappa shape index (κ1) is 25.1. The third-order valence-electron chi connectivity index (χ3n) is 6.12. The number of piperidine rings is 1. The van der Waals surface area contributed by atoms with E-state index in [4.69, 9.17) is 18.9 Å². The van der Waals surface area contributed by atoms with E-state index in [-0.39, 0.29) is 12.0 Å². The van der Waals surface area contributed by atoms with E-state index in [1.807, 2.05) is 60.7 Å². The average Bonchev–Trinajstić information content (AvgIpc) is 2.91. The lowest BCUT2D eigenvalue weighted by molar-refractivity contribution is -0.0329. The summed E-state index contributed by atoms with van der Waals surface area (Å²) in [6.45, 7) is 3.39. The van der Waals surface area contributed by atoms with Crippen LogP contribution in [0.15, 0.2) is 73.1 Å². The topological polar surface area (TPSA) is 82.1 Å². The van der Waals surface area contributed by atoms with Crippen molar-refractivity contribution in [2.45, 2.75) is 37.8 Å². The van der Waals surface area contributed by atoms with Gasteiger partial charge >= 0.3 is 0 Å². The minimum atomic E-state index is -0.519. The van der Waals surface area contributed by atoms with Gasteiger partial charge in [-0.1, -0.05) is 36.4 Å². The molecule has 1 aliphatic heterocycles. The van der Waals surface area contributed by atoms with E-state index in [9.17, 15) is 5.11 Å². The molecule has 7 heteroatoms. The van der Waals surface area contributed by atoms with Gasteiger partial charge in [-0.2, -0.15) is 0 Å². The maximum Gasteiger partial charge on any atom is 0.124 e. The minimum absolute atomic E-state index is 0.106. The highest BCUT2D eigenvalue weighted by Gasteiger charge is 2.34. The summed E-state index contributed by atoms with van der Waals surface area (Å²) in [6.07, 6.45) is 3.68. The Morgan fingerprint density at radius 3 is 2.63 bits per heavy atom. The third-order valence-corrected chi connectivity index (χ3v) is 6.12. The second kappa shape index (κ2) is 13.2. The number of nitrogens with one attached hydrogen (secondary N) is 1. The maximum atomic E-state index is 10.7. The zero-order valence-electron chi connectivity index (χ0n) is 20.1. The van der Waals surface area contributed by atoms with E-state index in [0.717, 1.165) is 34.6 Å². The normalized spacial score (nSPS) is 19.9. The first-order chi connectivity index (χ1) is 17.2. The molecule has 0 saturated carbocycles. The monoisotopic (exact) mass is 478 g/mol. The Morgan fingerprint density at radius 1 is 0.971 bits per heavy atom. The minimum Gasteiger partial charge on any atom is -0.496 e. The lowest BCUT2D eigenvalue weighted by Crippen LogP contribution is -2.49. The van der Waals surface area contributed by atoms with Crippen molar-refractivity contribution in [1.29, 1.82) is 0 Å². The number of rotatable bonds is 12. The highest BCUT2D eigenvalue weighted by molar-refractivity contribution is 5.33. The lowest BCUT2D eigenvalue weighted by atomic mass is 9.85. The Hall–Kier alpha value is -2.97. The highest BCUT2D eigenvalue weighted by Crippen LogP contribution is 2.30. The molecular formula is C28H34N2O5. The number of benzene rings is 2. The van der Waals surface area contributed by atoms with Crippen molar-refractivity contribution in [2.24, 2.45) is 0 Å². The summed E-state index contributed by atoms with van der Waals surface area (Å²) in [5, 5.41) is 13.9. The zero-order valence-corrected chi connectivity index (χ0v) is 20.1. The van der Waals surface area contributed by atoms with Gasteiger partial charge in [0.1, 0.15) is 11.5 Å². The SMILES string of the molecule is COc1ccccc1COCCCOc1ccc(C2C(O)CNCC2OCc2cccnc2)cc1. The summed E-state index contributed by atoms with van der Waals surface area (Å²) in [7, 11) is 1.67.